The third-order valence-electron chi connectivity index (χ3n) is 0.675. The van der Waals surface area contributed by atoms with Gasteiger partial charge in [0.25, 0.3) is 0 Å². The van der Waals surface area contributed by atoms with Gasteiger partial charge < -0.3 is 0 Å². The zero-order valence-electron chi connectivity index (χ0n) is 6.77. The lowest BCUT2D eigenvalue weighted by atomic mass is 10.5. The average Bonchev–Trinajstić information content (AvgIpc) is 1.93. The first-order valence-electron chi connectivity index (χ1n) is 3.14. The van der Waals surface area contributed by atoms with E-state index in [1.807, 2.05) is 19.9 Å². The van der Waals surface area contributed by atoms with Gasteiger partial charge in [-0.1, -0.05) is 32.6 Å². The number of rotatable bonds is 2. The van der Waals surface area contributed by atoms with Crippen LogP contribution in [0.1, 0.15) is 20.8 Å². The Labute approximate surface area is 63.0 Å². The summed E-state index contributed by atoms with van der Waals surface area (Å²) in [6, 6.07) is 0. The molecule has 0 aliphatic rings. The fraction of sp³-hybridized carbons (Fsp3) is 0.500. The van der Waals surface area contributed by atoms with Crippen LogP contribution in [-0.2, 0) is 0 Å². The van der Waals surface area contributed by atoms with Crippen LogP contribution in [0.25, 0.3) is 0 Å². The van der Waals surface area contributed by atoms with Gasteiger partial charge in [-0.2, -0.15) is 0 Å². The maximum atomic E-state index is 3.56. The maximum Gasteiger partial charge on any atom is -0.0140 e. The van der Waals surface area contributed by atoms with Gasteiger partial charge in [0.05, 0.1) is 0 Å². The van der Waals surface area contributed by atoms with Crippen LogP contribution in [0.2, 0.25) is 0 Å². The van der Waals surface area contributed by atoms with Gasteiger partial charge >= 0.3 is 0 Å². The van der Waals surface area contributed by atoms with E-state index < -0.39 is 0 Å². The normalized spacial score (nSPS) is 9.56. The highest BCUT2D eigenvalue weighted by Gasteiger charge is 1.75. The van der Waals surface area contributed by atoms with Crippen molar-refractivity contribution in [3.05, 3.63) is 23.6 Å². The molecule has 1 heteroatoms. The minimum atomic E-state index is 1.30. The van der Waals surface area contributed by atoms with Crippen LogP contribution in [0.5, 0.6) is 0 Å². The van der Waals surface area contributed by atoms with Gasteiger partial charge in [-0.05, 0) is 18.1 Å². The van der Waals surface area contributed by atoms with E-state index in [0.717, 1.165) is 0 Å². The molecule has 0 aromatic heterocycles. The number of hydrogen-bond donors (Lipinski definition) is 0. The summed E-state index contributed by atoms with van der Waals surface area (Å²) >= 11 is 1.74. The lowest BCUT2D eigenvalue weighted by molar-refractivity contribution is 1.50. The fourth-order valence-corrected chi connectivity index (χ4v) is 0.466. The molecule has 0 aromatic rings. The van der Waals surface area contributed by atoms with Crippen LogP contribution in [0.15, 0.2) is 23.6 Å². The van der Waals surface area contributed by atoms with Crippen molar-refractivity contribution < 1.29 is 0 Å². The Morgan fingerprint density at radius 3 is 2.00 bits per heavy atom. The standard InChI is InChI=1S/C6H10S.C2H6/c1-4-5-6(2)7-3;1-2/h4-5H,1H2,2-3H3;1-2H3/b6-5+;. The minimum Gasteiger partial charge on any atom is -0.134 e. The Morgan fingerprint density at radius 2 is 1.89 bits per heavy atom. The van der Waals surface area contributed by atoms with Crippen LogP contribution in [0.4, 0.5) is 0 Å². The van der Waals surface area contributed by atoms with Crippen LogP contribution in [-0.4, -0.2) is 6.26 Å². The minimum absolute atomic E-state index is 1.30. The predicted octanol–water partition coefficient (Wildman–Crippen LogP) is 3.47. The summed E-state index contributed by atoms with van der Waals surface area (Å²) in [6.45, 7) is 9.62. The van der Waals surface area contributed by atoms with E-state index in [4.69, 9.17) is 0 Å². The molecule has 0 N–H and O–H groups in total. The Hall–Kier alpha value is -0.170. The molecule has 9 heavy (non-hydrogen) atoms. The first-order chi connectivity index (χ1) is 4.31. The first kappa shape index (κ1) is 11.6. The molecule has 0 unspecified atom stereocenters. The monoisotopic (exact) mass is 144 g/mol. The van der Waals surface area contributed by atoms with Gasteiger partial charge in [0, 0.05) is 0 Å². The van der Waals surface area contributed by atoms with E-state index in [2.05, 4.69) is 19.8 Å². The number of thioether (sulfide) groups is 1. The Balaban J connectivity index is 0. The summed E-state index contributed by atoms with van der Waals surface area (Å²) in [4.78, 5) is 1.30. The molecule has 0 saturated heterocycles. The summed E-state index contributed by atoms with van der Waals surface area (Å²) in [5, 5.41) is 0. The molecule has 0 atom stereocenters. The predicted molar refractivity (Wildman–Crippen MR) is 48.8 cm³/mol. The highest BCUT2D eigenvalue weighted by molar-refractivity contribution is 8.02. The van der Waals surface area contributed by atoms with Crippen LogP contribution in [0, 0.1) is 0 Å². The van der Waals surface area contributed by atoms with Gasteiger partial charge in [0.15, 0.2) is 0 Å². The Morgan fingerprint density at radius 1 is 1.44 bits per heavy atom. The lowest BCUT2D eigenvalue weighted by Gasteiger charge is -1.85. The second-order valence-electron chi connectivity index (χ2n) is 1.22. The van der Waals surface area contributed by atoms with Crippen molar-refractivity contribution in [1.82, 2.24) is 0 Å². The zero-order chi connectivity index (χ0) is 7.70. The molecule has 0 aliphatic carbocycles. The van der Waals surface area contributed by atoms with Crippen LogP contribution in [0.3, 0.4) is 0 Å². The van der Waals surface area contributed by atoms with Gasteiger partial charge in [0.1, 0.15) is 0 Å². The van der Waals surface area contributed by atoms with Crippen molar-refractivity contribution in [3.63, 3.8) is 0 Å². The van der Waals surface area contributed by atoms with Gasteiger partial charge in [-0.15, -0.1) is 11.8 Å². The molecule has 0 saturated carbocycles. The average molecular weight is 144 g/mol. The van der Waals surface area contributed by atoms with Crippen molar-refractivity contribution >= 4 is 11.8 Å². The van der Waals surface area contributed by atoms with Crippen molar-refractivity contribution in [2.45, 2.75) is 20.8 Å². The molecule has 0 aromatic carbocycles. The van der Waals surface area contributed by atoms with Gasteiger partial charge in [0.2, 0.25) is 0 Å². The molecule has 0 rings (SSSR count). The smallest absolute Gasteiger partial charge is 0.0140 e. The summed E-state index contributed by atoms with van der Waals surface area (Å²) in [5.41, 5.74) is 0. The van der Waals surface area contributed by atoms with Crippen LogP contribution < -0.4 is 0 Å². The molecule has 0 amide bonds. The summed E-state index contributed by atoms with van der Waals surface area (Å²) in [6.07, 6.45) is 5.84. The molecule has 0 fully saturated rings. The third-order valence-corrected chi connectivity index (χ3v) is 1.45. The van der Waals surface area contributed by atoms with Crippen molar-refractivity contribution in [1.29, 1.82) is 0 Å². The summed E-state index contributed by atoms with van der Waals surface area (Å²) in [7, 11) is 0. The highest BCUT2D eigenvalue weighted by atomic mass is 32.2. The molecular weight excluding hydrogens is 128 g/mol. The zero-order valence-corrected chi connectivity index (χ0v) is 7.59. The highest BCUT2D eigenvalue weighted by Crippen LogP contribution is 2.07. The molecule has 0 spiro atoms. The lowest BCUT2D eigenvalue weighted by Crippen LogP contribution is -1.58. The molecule has 0 aliphatic heterocycles. The van der Waals surface area contributed by atoms with Crippen LogP contribution >= 0.6 is 11.8 Å². The fourth-order valence-electron chi connectivity index (χ4n) is 0.234. The number of hydrogen-bond acceptors (Lipinski definition) is 1. The van der Waals surface area contributed by atoms with E-state index >= 15 is 0 Å². The SMILES string of the molecule is C=C/C=C(\C)SC.CC. The molecule has 54 valence electrons. The van der Waals surface area contributed by atoms with Crippen molar-refractivity contribution in [2.75, 3.05) is 6.26 Å². The van der Waals surface area contributed by atoms with Gasteiger partial charge in [-0.3, -0.25) is 0 Å². The molecule has 0 bridgehead atoms. The number of allylic oxidation sites excluding steroid dienone is 3. The third kappa shape index (κ3) is 11.4. The van der Waals surface area contributed by atoms with E-state index in [-0.39, 0.29) is 0 Å². The van der Waals surface area contributed by atoms with E-state index in [0.29, 0.717) is 0 Å². The second kappa shape index (κ2) is 10.7. The topological polar surface area (TPSA) is 0 Å². The molecular formula is C8H16S. The molecule has 0 heterocycles. The summed E-state index contributed by atoms with van der Waals surface area (Å²) in [5.74, 6) is 0. The maximum absolute atomic E-state index is 3.56. The first-order valence-corrected chi connectivity index (χ1v) is 4.37. The quantitative estimate of drug-likeness (QED) is 0.535. The van der Waals surface area contributed by atoms with E-state index in [9.17, 15) is 0 Å². The second-order valence-corrected chi connectivity index (χ2v) is 2.27. The van der Waals surface area contributed by atoms with Gasteiger partial charge in [-0.25, -0.2) is 0 Å². The van der Waals surface area contributed by atoms with E-state index in [1.165, 1.54) is 4.91 Å². The van der Waals surface area contributed by atoms with Crippen molar-refractivity contribution in [2.24, 2.45) is 0 Å². The molecule has 0 nitrogen and oxygen atoms in total. The Kier molecular flexibility index (Phi) is 13.9. The summed E-state index contributed by atoms with van der Waals surface area (Å²) < 4.78 is 0. The molecule has 0 radical (unpaired) electrons. The van der Waals surface area contributed by atoms with E-state index in [1.54, 1.807) is 17.8 Å². The van der Waals surface area contributed by atoms with Crippen molar-refractivity contribution in [3.8, 4) is 0 Å². The largest absolute Gasteiger partial charge is 0.134 e. The Bertz CT molecular complexity index is 82.6.